The molecule has 0 saturated carbocycles. The van der Waals surface area contributed by atoms with Crippen molar-refractivity contribution in [2.45, 2.75) is 311 Å². The number of pyridine rings is 3. The van der Waals surface area contributed by atoms with Crippen molar-refractivity contribution in [1.82, 2.24) is 49.3 Å². The Balaban J connectivity index is 0.000000205. The van der Waals surface area contributed by atoms with Crippen LogP contribution in [-0.2, 0) is 50.9 Å². The third kappa shape index (κ3) is 30.5. The minimum atomic E-state index is 0.0502. The van der Waals surface area contributed by atoms with Gasteiger partial charge in [0.05, 0.1) is 27.6 Å². The summed E-state index contributed by atoms with van der Waals surface area (Å²) in [6, 6.07) is 52.7. The van der Waals surface area contributed by atoms with Crippen LogP contribution >= 0.6 is 0 Å². The first-order valence-electron chi connectivity index (χ1n) is 42.7. The van der Waals surface area contributed by atoms with Crippen LogP contribution < -0.4 is 0 Å². The van der Waals surface area contributed by atoms with Crippen molar-refractivity contribution >= 4 is 39.3 Å². The average Bonchev–Trinajstić information content (AvgIpc) is 1.67. The highest BCUT2D eigenvalue weighted by atomic mass is 15.1. The molecular formula is C107H150N10. The second kappa shape index (κ2) is 41.3. The summed E-state index contributed by atoms with van der Waals surface area (Å²) >= 11 is 0. The maximum atomic E-state index is 4.76. The number of aromatic nitrogens is 9. The Kier molecular flexibility index (Phi) is 34.1. The van der Waals surface area contributed by atoms with Crippen LogP contribution in [0, 0.1) is 55.4 Å². The van der Waals surface area contributed by atoms with Crippen molar-refractivity contribution in [1.29, 1.82) is 0 Å². The standard InChI is InChI=1S/C15H21N.C14H20N2.C13H16.C12H18.C11H15N3.C11H14N2.C11H16.2C10H15N/c1-15(2,3)14-8-6-7-13(11-14)12-16-9-4-5-10-16;1-9(2)14-15-12-8-11(5)6-7-13(12)16(14)10(3)4;1-13(2,3)12-9-5-7-10-6-4-8-11(10)12;1-9-6-7-11(8-10(9)2)12(3,4)5;1-7-5-8-9(12-6-7)14-10(13-8)11(2,3)4;1-7(2)11-12-9-5-4-8(3)6-10(9)13-11;1-9-6-5-7-10(8-9)11(2,3)4;1-8-5-9(7-11-6-8)10(2,3)4;1-8-5-6-11-9(7-8)10(2,3)4/h4-8,11H,9-10,12H2,1-3H3;6-10H,1-5H3;4-7,9H,8H2,1-3H3;6-8H,1-5H3;5-6H,1-4H3,(H,12,13,14);4-7H,1-3H3,(H,12,13);5-8H,1-4H3;2*5-7H,1-4H3. The highest BCUT2D eigenvalue weighted by molar-refractivity contribution is 5.78. The van der Waals surface area contributed by atoms with Gasteiger partial charge in [-0.25, -0.2) is 19.9 Å². The topological polar surface area (TPSA) is 117 Å². The van der Waals surface area contributed by atoms with E-state index in [4.69, 9.17) is 4.98 Å². The minimum Gasteiger partial charge on any atom is -0.342 e. The van der Waals surface area contributed by atoms with Gasteiger partial charge >= 0.3 is 0 Å². The number of benzene rings is 6. The lowest BCUT2D eigenvalue weighted by atomic mass is 9.82. The molecule has 6 aromatic carbocycles. The van der Waals surface area contributed by atoms with Crippen LogP contribution in [0.2, 0.25) is 0 Å². The monoisotopic (exact) mass is 1580 g/mol. The SMILES string of the molecule is CC(C)(C)c1cccc(CN2CC=CC2)c1.CC(C)(C)c1cccc2c1CC=C2.Cc1ccc(C(C)(C)C)cc1C.Cc1ccc2c(c1)nc(C(C)C)n2C(C)C.Cc1ccc2nc(C(C)C)[nH]c2c1.Cc1cccc(C(C)(C)C)c1.Cc1ccnc(C(C)(C)C)c1.Cc1cnc2nc(C(C)(C)C)[nH]c2c1.Cc1cncc(C(C)(C)C)c1. The van der Waals surface area contributed by atoms with Crippen molar-refractivity contribution in [3.05, 3.63) is 301 Å². The number of allylic oxidation sites excluding steroid dienone is 1. The number of H-pyrrole nitrogens is 2. The van der Waals surface area contributed by atoms with Gasteiger partial charge in [-0.1, -0.05) is 306 Å². The third-order valence-corrected chi connectivity index (χ3v) is 20.7. The quantitative estimate of drug-likeness (QED) is 0.165. The van der Waals surface area contributed by atoms with Crippen LogP contribution in [0.1, 0.15) is 317 Å². The molecule has 2 N–H and O–H groups in total. The molecule has 0 amide bonds. The summed E-state index contributed by atoms with van der Waals surface area (Å²) in [6.07, 6.45) is 17.6. The number of nitrogens with one attached hydrogen (secondary N) is 2. The summed E-state index contributed by atoms with van der Waals surface area (Å²) in [4.78, 5) is 35.5. The number of aromatic amines is 2. The molecule has 1 aliphatic carbocycles. The Morgan fingerprint density at radius 2 is 0.957 bits per heavy atom. The van der Waals surface area contributed by atoms with E-state index >= 15 is 0 Å². The van der Waals surface area contributed by atoms with E-state index < -0.39 is 0 Å². The molecule has 14 rings (SSSR count). The van der Waals surface area contributed by atoms with Crippen molar-refractivity contribution < 1.29 is 0 Å². The zero-order valence-corrected chi connectivity index (χ0v) is 79.1. The number of imidazole rings is 3. The van der Waals surface area contributed by atoms with Gasteiger partial charge in [0.1, 0.15) is 17.5 Å². The lowest BCUT2D eigenvalue weighted by Crippen LogP contribution is -2.19. The first-order valence-corrected chi connectivity index (χ1v) is 42.7. The molecular weight excluding hydrogens is 1430 g/mol. The van der Waals surface area contributed by atoms with Crippen LogP contribution in [0.5, 0.6) is 0 Å². The van der Waals surface area contributed by atoms with Crippen molar-refractivity contribution in [2.75, 3.05) is 13.1 Å². The maximum Gasteiger partial charge on any atom is 0.177 e. The van der Waals surface area contributed by atoms with Crippen LogP contribution in [0.4, 0.5) is 0 Å². The molecule has 10 heteroatoms. The van der Waals surface area contributed by atoms with Crippen molar-refractivity contribution in [3.8, 4) is 0 Å². The van der Waals surface area contributed by atoms with E-state index in [0.717, 1.165) is 76.7 Å². The van der Waals surface area contributed by atoms with Gasteiger partial charge in [0.25, 0.3) is 0 Å². The molecule has 2 aliphatic rings. The number of hydrogen-bond acceptors (Lipinski definition) is 7. The Bertz CT molecular complexity index is 5040. The number of hydrogen-bond donors (Lipinski definition) is 2. The van der Waals surface area contributed by atoms with Gasteiger partial charge in [-0.15, -0.1) is 0 Å². The number of rotatable bonds is 5. The molecule has 6 aromatic heterocycles. The van der Waals surface area contributed by atoms with Gasteiger partial charge in [0, 0.05) is 78.8 Å². The second-order valence-electron chi connectivity index (χ2n) is 40.6. The van der Waals surface area contributed by atoms with E-state index in [0.29, 0.717) is 17.9 Å². The van der Waals surface area contributed by atoms with E-state index in [-0.39, 0.29) is 37.9 Å². The van der Waals surface area contributed by atoms with Crippen LogP contribution in [0.3, 0.4) is 0 Å². The Morgan fingerprint density at radius 1 is 0.402 bits per heavy atom. The second-order valence-corrected chi connectivity index (χ2v) is 40.6. The van der Waals surface area contributed by atoms with Gasteiger partial charge < -0.3 is 14.5 Å². The molecule has 0 saturated heterocycles. The van der Waals surface area contributed by atoms with Crippen molar-refractivity contribution in [3.63, 3.8) is 0 Å². The highest BCUT2D eigenvalue weighted by Crippen LogP contribution is 2.34. The van der Waals surface area contributed by atoms with E-state index in [9.17, 15) is 0 Å². The molecule has 7 heterocycles. The van der Waals surface area contributed by atoms with Crippen LogP contribution in [-0.4, -0.2) is 62.4 Å². The van der Waals surface area contributed by atoms with Crippen LogP contribution in [0.15, 0.2) is 189 Å². The first-order chi connectivity index (χ1) is 54.2. The third-order valence-electron chi connectivity index (χ3n) is 20.7. The summed E-state index contributed by atoms with van der Waals surface area (Å²) in [7, 11) is 0. The smallest absolute Gasteiger partial charge is 0.177 e. The molecule has 0 unspecified atom stereocenters. The fraction of sp³-hybridized carbons (Fsp3) is 0.458. The van der Waals surface area contributed by atoms with Gasteiger partial charge in [0.2, 0.25) is 0 Å². The summed E-state index contributed by atoms with van der Waals surface area (Å²) in [6.45, 7) is 79.9. The van der Waals surface area contributed by atoms with Gasteiger partial charge in [-0.3, -0.25) is 14.9 Å². The van der Waals surface area contributed by atoms with E-state index in [1.165, 1.54) is 94.8 Å². The van der Waals surface area contributed by atoms with Gasteiger partial charge in [-0.2, -0.15) is 0 Å². The molecule has 0 radical (unpaired) electrons. The lowest BCUT2D eigenvalue weighted by molar-refractivity contribution is 0.345. The first kappa shape index (κ1) is 96.5. The van der Waals surface area contributed by atoms with E-state index in [2.05, 4.69) is 444 Å². The predicted octanol–water partition coefficient (Wildman–Crippen LogP) is 28.8. The number of fused-ring (bicyclic) bond motifs is 4. The normalized spacial score (nSPS) is 12.8. The summed E-state index contributed by atoms with van der Waals surface area (Å²) in [5.41, 5.74) is 30.9. The number of nitrogens with zero attached hydrogens (tertiary/aromatic N) is 8. The van der Waals surface area contributed by atoms with Gasteiger partial charge in [0.15, 0.2) is 5.65 Å². The molecule has 0 atom stereocenters. The molecule has 628 valence electrons. The predicted molar refractivity (Wildman–Crippen MR) is 508 cm³/mol. The summed E-state index contributed by atoms with van der Waals surface area (Å²) < 4.78 is 2.35. The van der Waals surface area contributed by atoms with E-state index in [1.807, 2.05) is 37.8 Å². The van der Waals surface area contributed by atoms with Crippen molar-refractivity contribution in [2.24, 2.45) is 0 Å². The molecule has 0 spiro atoms. The Morgan fingerprint density at radius 3 is 1.49 bits per heavy atom. The highest BCUT2D eigenvalue weighted by Gasteiger charge is 2.23. The zero-order valence-electron chi connectivity index (χ0n) is 79.1. The summed E-state index contributed by atoms with van der Waals surface area (Å²) in [5, 5.41) is 0. The van der Waals surface area contributed by atoms with Crippen LogP contribution in [0.25, 0.3) is 39.3 Å². The fourth-order valence-electron chi connectivity index (χ4n) is 13.2. The molecule has 10 nitrogen and oxygen atoms in total. The Labute approximate surface area is 709 Å². The summed E-state index contributed by atoms with van der Waals surface area (Å²) in [5.74, 6) is 4.18. The average molecular weight is 1580 g/mol. The van der Waals surface area contributed by atoms with Gasteiger partial charge in [-0.05, 0) is 229 Å². The number of aryl methyl sites for hydroxylation is 8. The zero-order chi connectivity index (χ0) is 87.5. The molecule has 12 aromatic rings. The minimum absolute atomic E-state index is 0.0502. The molecule has 0 bridgehead atoms. The lowest BCUT2D eigenvalue weighted by Gasteiger charge is -2.22. The fourth-order valence-corrected chi connectivity index (χ4v) is 13.2. The molecule has 0 fully saturated rings. The maximum absolute atomic E-state index is 4.76. The Hall–Kier alpha value is -9.38. The molecule has 1 aliphatic heterocycles. The van der Waals surface area contributed by atoms with E-state index in [1.54, 1.807) is 0 Å². The molecule has 117 heavy (non-hydrogen) atoms. The largest absolute Gasteiger partial charge is 0.342 e.